The van der Waals surface area contributed by atoms with Crippen molar-refractivity contribution in [1.82, 2.24) is 4.90 Å². The van der Waals surface area contributed by atoms with E-state index in [9.17, 15) is 0 Å². The second-order valence-electron chi connectivity index (χ2n) is 4.14. The molecular formula is C10H19NO. The molecule has 2 rings (SSSR count). The van der Waals surface area contributed by atoms with E-state index in [4.69, 9.17) is 4.74 Å². The molecule has 2 saturated heterocycles. The third-order valence-corrected chi connectivity index (χ3v) is 3.39. The zero-order chi connectivity index (χ0) is 8.39. The van der Waals surface area contributed by atoms with Crippen LogP contribution in [0.2, 0.25) is 0 Å². The van der Waals surface area contributed by atoms with Gasteiger partial charge in [0.25, 0.3) is 0 Å². The average Bonchev–Trinajstić information content (AvgIpc) is 2.53. The van der Waals surface area contributed by atoms with Crippen LogP contribution in [-0.4, -0.2) is 37.7 Å². The van der Waals surface area contributed by atoms with Crippen molar-refractivity contribution in [3.8, 4) is 0 Å². The Labute approximate surface area is 74.9 Å². The predicted molar refractivity (Wildman–Crippen MR) is 49.2 cm³/mol. The number of nitrogens with zero attached hydrogens (tertiary/aromatic N) is 1. The normalized spacial score (nSPS) is 34.2. The van der Waals surface area contributed by atoms with Crippen LogP contribution in [0.25, 0.3) is 0 Å². The Kier molecular flexibility index (Phi) is 2.66. The van der Waals surface area contributed by atoms with Crippen LogP contribution in [0.4, 0.5) is 0 Å². The molecule has 0 aromatic heterocycles. The Hall–Kier alpha value is -0.0800. The minimum atomic E-state index is 0.869. The minimum Gasteiger partial charge on any atom is -0.381 e. The second-order valence-corrected chi connectivity index (χ2v) is 4.14. The van der Waals surface area contributed by atoms with Gasteiger partial charge in [0.1, 0.15) is 0 Å². The molecule has 1 atom stereocenters. The summed E-state index contributed by atoms with van der Waals surface area (Å²) < 4.78 is 5.38. The van der Waals surface area contributed by atoms with Crippen molar-refractivity contribution in [2.24, 2.45) is 5.92 Å². The van der Waals surface area contributed by atoms with E-state index in [1.807, 2.05) is 0 Å². The molecule has 0 aromatic rings. The van der Waals surface area contributed by atoms with Crippen molar-refractivity contribution in [2.75, 3.05) is 26.8 Å². The van der Waals surface area contributed by atoms with Gasteiger partial charge in [0.05, 0.1) is 0 Å². The SMILES string of the molecule is CN1CCC[C@@H]1C1CCOCC1. The van der Waals surface area contributed by atoms with Crippen molar-refractivity contribution in [1.29, 1.82) is 0 Å². The van der Waals surface area contributed by atoms with Gasteiger partial charge in [-0.05, 0) is 45.2 Å². The van der Waals surface area contributed by atoms with E-state index in [-0.39, 0.29) is 0 Å². The van der Waals surface area contributed by atoms with Gasteiger partial charge in [-0.25, -0.2) is 0 Å². The number of hydrogen-bond donors (Lipinski definition) is 0. The molecule has 0 radical (unpaired) electrons. The zero-order valence-electron chi connectivity index (χ0n) is 7.96. The number of ether oxygens (including phenoxy) is 1. The first-order valence-electron chi connectivity index (χ1n) is 5.16. The lowest BCUT2D eigenvalue weighted by molar-refractivity contribution is 0.0406. The maximum Gasteiger partial charge on any atom is 0.0469 e. The molecule has 0 unspecified atom stereocenters. The van der Waals surface area contributed by atoms with Gasteiger partial charge in [0, 0.05) is 19.3 Å². The van der Waals surface area contributed by atoms with Crippen LogP contribution in [0.3, 0.4) is 0 Å². The van der Waals surface area contributed by atoms with Crippen molar-refractivity contribution in [3.63, 3.8) is 0 Å². The van der Waals surface area contributed by atoms with Crippen molar-refractivity contribution >= 4 is 0 Å². The molecule has 2 nitrogen and oxygen atoms in total. The third-order valence-electron chi connectivity index (χ3n) is 3.39. The molecular weight excluding hydrogens is 150 g/mol. The molecule has 0 aromatic carbocycles. The first-order valence-corrected chi connectivity index (χ1v) is 5.16. The summed E-state index contributed by atoms with van der Waals surface area (Å²) in [6.45, 7) is 3.30. The molecule has 2 heteroatoms. The molecule has 0 bridgehead atoms. The Morgan fingerprint density at radius 1 is 1.17 bits per heavy atom. The lowest BCUT2D eigenvalue weighted by Gasteiger charge is -2.31. The van der Waals surface area contributed by atoms with E-state index >= 15 is 0 Å². The van der Waals surface area contributed by atoms with Crippen molar-refractivity contribution in [3.05, 3.63) is 0 Å². The van der Waals surface area contributed by atoms with E-state index in [0.717, 1.165) is 25.2 Å². The van der Waals surface area contributed by atoms with Crippen molar-refractivity contribution < 1.29 is 4.74 Å². The van der Waals surface area contributed by atoms with Crippen LogP contribution in [0, 0.1) is 5.92 Å². The second kappa shape index (κ2) is 3.75. The Bertz CT molecular complexity index is 143. The molecule has 2 fully saturated rings. The van der Waals surface area contributed by atoms with E-state index in [1.54, 1.807) is 0 Å². The maximum atomic E-state index is 5.38. The van der Waals surface area contributed by atoms with Crippen LogP contribution in [-0.2, 0) is 4.74 Å². The molecule has 0 spiro atoms. The summed E-state index contributed by atoms with van der Waals surface area (Å²) >= 11 is 0. The summed E-state index contributed by atoms with van der Waals surface area (Å²) in [7, 11) is 2.27. The first kappa shape index (κ1) is 8.52. The van der Waals surface area contributed by atoms with Gasteiger partial charge in [-0.1, -0.05) is 0 Å². The quantitative estimate of drug-likeness (QED) is 0.590. The molecule has 2 heterocycles. The molecule has 12 heavy (non-hydrogen) atoms. The number of likely N-dealkylation sites (tertiary alicyclic amines) is 1. The highest BCUT2D eigenvalue weighted by molar-refractivity contribution is 4.84. The van der Waals surface area contributed by atoms with Crippen LogP contribution in [0.1, 0.15) is 25.7 Å². The van der Waals surface area contributed by atoms with Gasteiger partial charge in [0.2, 0.25) is 0 Å². The van der Waals surface area contributed by atoms with Gasteiger partial charge < -0.3 is 9.64 Å². The molecule has 0 saturated carbocycles. The van der Waals surface area contributed by atoms with E-state index in [0.29, 0.717) is 0 Å². The lowest BCUT2D eigenvalue weighted by Crippen LogP contribution is -2.35. The molecule has 2 aliphatic rings. The zero-order valence-corrected chi connectivity index (χ0v) is 7.96. The Balaban J connectivity index is 1.89. The topological polar surface area (TPSA) is 12.5 Å². The van der Waals surface area contributed by atoms with Crippen molar-refractivity contribution in [2.45, 2.75) is 31.7 Å². The first-order chi connectivity index (χ1) is 5.88. The summed E-state index contributed by atoms with van der Waals surface area (Å²) in [6.07, 6.45) is 5.39. The smallest absolute Gasteiger partial charge is 0.0469 e. The van der Waals surface area contributed by atoms with Gasteiger partial charge >= 0.3 is 0 Å². The van der Waals surface area contributed by atoms with Crippen LogP contribution < -0.4 is 0 Å². The average molecular weight is 169 g/mol. The highest BCUT2D eigenvalue weighted by atomic mass is 16.5. The highest BCUT2D eigenvalue weighted by Gasteiger charge is 2.29. The molecule has 70 valence electrons. The van der Waals surface area contributed by atoms with Crippen LogP contribution >= 0.6 is 0 Å². The van der Waals surface area contributed by atoms with Crippen LogP contribution in [0.5, 0.6) is 0 Å². The molecule has 0 amide bonds. The summed E-state index contributed by atoms with van der Waals surface area (Å²) in [6, 6.07) is 0.869. The fourth-order valence-electron chi connectivity index (χ4n) is 2.63. The van der Waals surface area contributed by atoms with E-state index in [1.165, 1.54) is 32.2 Å². The van der Waals surface area contributed by atoms with Gasteiger partial charge in [-0.2, -0.15) is 0 Å². The number of rotatable bonds is 1. The molecule has 2 aliphatic heterocycles. The Morgan fingerprint density at radius 2 is 1.92 bits per heavy atom. The monoisotopic (exact) mass is 169 g/mol. The lowest BCUT2D eigenvalue weighted by atomic mass is 9.90. The third kappa shape index (κ3) is 1.64. The Morgan fingerprint density at radius 3 is 2.50 bits per heavy atom. The minimum absolute atomic E-state index is 0.869. The summed E-state index contributed by atoms with van der Waals surface area (Å²) in [5, 5.41) is 0. The largest absolute Gasteiger partial charge is 0.381 e. The summed E-state index contributed by atoms with van der Waals surface area (Å²) in [4.78, 5) is 2.54. The van der Waals surface area contributed by atoms with E-state index < -0.39 is 0 Å². The van der Waals surface area contributed by atoms with Gasteiger partial charge in [0.15, 0.2) is 0 Å². The fraction of sp³-hybridized carbons (Fsp3) is 1.00. The van der Waals surface area contributed by atoms with E-state index in [2.05, 4.69) is 11.9 Å². The van der Waals surface area contributed by atoms with Gasteiger partial charge in [-0.3, -0.25) is 0 Å². The maximum absolute atomic E-state index is 5.38. The van der Waals surface area contributed by atoms with Gasteiger partial charge in [-0.15, -0.1) is 0 Å². The molecule has 0 N–H and O–H groups in total. The van der Waals surface area contributed by atoms with Crippen LogP contribution in [0.15, 0.2) is 0 Å². The number of hydrogen-bond acceptors (Lipinski definition) is 2. The highest BCUT2D eigenvalue weighted by Crippen LogP contribution is 2.28. The standard InChI is InChI=1S/C10H19NO/c1-11-6-2-3-10(11)9-4-7-12-8-5-9/h9-10H,2-8H2,1H3/t10-/m1/s1. The predicted octanol–water partition coefficient (Wildman–Crippen LogP) is 1.51. The molecule has 0 aliphatic carbocycles. The summed E-state index contributed by atoms with van der Waals surface area (Å²) in [5.41, 5.74) is 0. The fourth-order valence-corrected chi connectivity index (χ4v) is 2.63. The summed E-state index contributed by atoms with van der Waals surface area (Å²) in [5.74, 6) is 0.922.